The largest absolute Gasteiger partial charge is 0.373 e. The molecule has 3 unspecified atom stereocenters. The van der Waals surface area contributed by atoms with E-state index >= 15 is 0 Å². The maximum atomic E-state index is 13.0. The van der Waals surface area contributed by atoms with E-state index < -0.39 is 15.9 Å². The first-order chi connectivity index (χ1) is 15.6. The van der Waals surface area contributed by atoms with E-state index in [1.165, 1.54) is 28.6 Å². The van der Waals surface area contributed by atoms with E-state index in [-0.39, 0.29) is 47.7 Å². The molecule has 2 aromatic carbocycles. The molecule has 178 valence electrons. The van der Waals surface area contributed by atoms with E-state index in [2.05, 4.69) is 10.6 Å². The van der Waals surface area contributed by atoms with Crippen molar-refractivity contribution < 1.29 is 22.7 Å². The molecule has 0 saturated carbocycles. The van der Waals surface area contributed by atoms with Crippen LogP contribution in [0.3, 0.4) is 0 Å². The topological polar surface area (TPSA) is 105 Å². The van der Waals surface area contributed by atoms with Crippen LogP contribution in [0.15, 0.2) is 53.4 Å². The fraction of sp³-hybridized carbons (Fsp3) is 0.417. The summed E-state index contributed by atoms with van der Waals surface area (Å²) in [5.74, 6) is -0.702. The van der Waals surface area contributed by atoms with Crippen LogP contribution >= 0.6 is 0 Å². The lowest BCUT2D eigenvalue weighted by Gasteiger charge is -2.34. The average molecular weight is 474 g/mol. The number of carbonyl (C=O) groups excluding carboxylic acids is 2. The van der Waals surface area contributed by atoms with Crippen LogP contribution in [0.5, 0.6) is 0 Å². The highest BCUT2D eigenvalue weighted by atomic mass is 32.2. The van der Waals surface area contributed by atoms with Gasteiger partial charge in [0.15, 0.2) is 0 Å². The van der Waals surface area contributed by atoms with E-state index in [9.17, 15) is 18.0 Å². The summed E-state index contributed by atoms with van der Waals surface area (Å²) in [5, 5.41) is 5.65. The van der Waals surface area contributed by atoms with Crippen molar-refractivity contribution in [3.63, 3.8) is 0 Å². The summed E-state index contributed by atoms with van der Waals surface area (Å²) in [7, 11) is -3.69. The molecule has 9 heteroatoms. The molecule has 1 aliphatic heterocycles. The molecule has 2 N–H and O–H groups in total. The predicted molar refractivity (Wildman–Crippen MR) is 127 cm³/mol. The van der Waals surface area contributed by atoms with E-state index in [4.69, 9.17) is 4.74 Å². The summed E-state index contributed by atoms with van der Waals surface area (Å²) in [4.78, 5) is 25.5. The lowest BCUT2D eigenvalue weighted by Crippen LogP contribution is -2.48. The van der Waals surface area contributed by atoms with Gasteiger partial charge in [0.1, 0.15) is 0 Å². The number of hydrogen-bond donors (Lipinski definition) is 2. The molecule has 33 heavy (non-hydrogen) atoms. The molecule has 1 fully saturated rings. The summed E-state index contributed by atoms with van der Waals surface area (Å²) in [5.41, 5.74) is 1.03. The quantitative estimate of drug-likeness (QED) is 0.642. The molecule has 8 nitrogen and oxygen atoms in total. The minimum atomic E-state index is -3.69. The molecular weight excluding hydrogens is 442 g/mol. The fourth-order valence-electron chi connectivity index (χ4n) is 3.64. The van der Waals surface area contributed by atoms with Crippen molar-refractivity contribution in [2.45, 2.75) is 57.3 Å². The highest BCUT2D eigenvalue weighted by Crippen LogP contribution is 2.22. The van der Waals surface area contributed by atoms with Gasteiger partial charge in [-0.15, -0.1) is 0 Å². The number of carbonyl (C=O) groups is 2. The molecule has 3 atom stereocenters. The Kier molecular flexibility index (Phi) is 7.88. The number of para-hydroxylation sites is 1. The molecule has 0 bridgehead atoms. The second-order valence-corrected chi connectivity index (χ2v) is 10.3. The second-order valence-electron chi connectivity index (χ2n) is 8.39. The molecular formula is C24H31N3O5S. The van der Waals surface area contributed by atoms with Gasteiger partial charge in [0, 0.05) is 24.7 Å². The first kappa shape index (κ1) is 24.9. The minimum absolute atomic E-state index is 0.00759. The number of anilines is 1. The van der Waals surface area contributed by atoms with Crippen LogP contribution in [-0.2, 0) is 14.8 Å². The van der Waals surface area contributed by atoms with Gasteiger partial charge in [0.2, 0.25) is 10.0 Å². The Bertz CT molecular complexity index is 1090. The van der Waals surface area contributed by atoms with Crippen molar-refractivity contribution in [2.24, 2.45) is 0 Å². The third-order valence-corrected chi connectivity index (χ3v) is 7.40. The first-order valence-corrected chi connectivity index (χ1v) is 12.5. The molecule has 0 spiro atoms. The van der Waals surface area contributed by atoms with Gasteiger partial charge in [0.05, 0.1) is 28.4 Å². The molecule has 2 amide bonds. The van der Waals surface area contributed by atoms with Crippen LogP contribution in [-0.4, -0.2) is 55.9 Å². The Hall–Kier alpha value is -2.75. The van der Waals surface area contributed by atoms with E-state index in [1.54, 1.807) is 24.3 Å². The van der Waals surface area contributed by atoms with Crippen LogP contribution in [0.2, 0.25) is 0 Å². The summed E-state index contributed by atoms with van der Waals surface area (Å²) in [6.07, 6.45) is 0.412. The first-order valence-electron chi connectivity index (χ1n) is 11.1. The number of rotatable bonds is 7. The Labute approximate surface area is 195 Å². The van der Waals surface area contributed by atoms with Gasteiger partial charge in [0.25, 0.3) is 11.8 Å². The van der Waals surface area contributed by atoms with Gasteiger partial charge in [-0.2, -0.15) is 4.31 Å². The average Bonchev–Trinajstić information content (AvgIpc) is 2.78. The lowest BCUT2D eigenvalue weighted by atomic mass is 10.1. The van der Waals surface area contributed by atoms with Gasteiger partial charge >= 0.3 is 0 Å². The maximum absolute atomic E-state index is 13.0. The zero-order valence-electron chi connectivity index (χ0n) is 19.4. The molecule has 2 aromatic rings. The Morgan fingerprint density at radius 2 is 1.64 bits per heavy atom. The number of ether oxygens (including phenoxy) is 1. The van der Waals surface area contributed by atoms with Gasteiger partial charge in [-0.1, -0.05) is 19.1 Å². The molecule has 1 aliphatic rings. The summed E-state index contributed by atoms with van der Waals surface area (Å²) in [6, 6.07) is 12.6. The zero-order valence-corrected chi connectivity index (χ0v) is 20.2. The van der Waals surface area contributed by atoms with Crippen molar-refractivity contribution in [3.05, 3.63) is 59.7 Å². The highest BCUT2D eigenvalue weighted by Gasteiger charge is 2.32. The molecule has 0 radical (unpaired) electrons. The third-order valence-electron chi connectivity index (χ3n) is 5.55. The standard InChI is InChI=1S/C24H31N3O5S/c1-5-16(2)25-24(29)21-8-6-7-9-22(21)26-23(28)19-10-12-20(13-11-19)33(30,31)27-14-17(3)32-18(4)15-27/h6-13,16-18H,5,14-15H2,1-4H3,(H,25,29)(H,26,28). The monoisotopic (exact) mass is 473 g/mol. The summed E-state index contributed by atoms with van der Waals surface area (Å²) < 4.78 is 33.0. The third kappa shape index (κ3) is 5.98. The smallest absolute Gasteiger partial charge is 0.255 e. The molecule has 1 saturated heterocycles. The number of nitrogens with one attached hydrogen (secondary N) is 2. The van der Waals surface area contributed by atoms with Gasteiger partial charge < -0.3 is 15.4 Å². The van der Waals surface area contributed by atoms with Crippen molar-refractivity contribution in [1.29, 1.82) is 0 Å². The van der Waals surface area contributed by atoms with E-state index in [0.29, 0.717) is 11.3 Å². The van der Waals surface area contributed by atoms with Crippen LogP contribution in [0.4, 0.5) is 5.69 Å². The number of benzene rings is 2. The van der Waals surface area contributed by atoms with Gasteiger partial charge in [-0.3, -0.25) is 9.59 Å². The van der Waals surface area contributed by atoms with Crippen LogP contribution < -0.4 is 10.6 Å². The van der Waals surface area contributed by atoms with Gasteiger partial charge in [-0.05, 0) is 63.6 Å². The van der Waals surface area contributed by atoms with Crippen molar-refractivity contribution in [2.75, 3.05) is 18.4 Å². The fourth-order valence-corrected chi connectivity index (χ4v) is 5.23. The van der Waals surface area contributed by atoms with E-state index in [1.807, 2.05) is 27.7 Å². The van der Waals surface area contributed by atoms with Crippen LogP contribution in [0.1, 0.15) is 54.8 Å². The minimum Gasteiger partial charge on any atom is -0.373 e. The lowest BCUT2D eigenvalue weighted by molar-refractivity contribution is -0.0440. The summed E-state index contributed by atoms with van der Waals surface area (Å²) >= 11 is 0. The maximum Gasteiger partial charge on any atom is 0.255 e. The molecule has 1 heterocycles. The van der Waals surface area contributed by atoms with Crippen LogP contribution in [0.25, 0.3) is 0 Å². The van der Waals surface area contributed by atoms with Crippen molar-refractivity contribution in [3.8, 4) is 0 Å². The Balaban J connectivity index is 1.75. The van der Waals surface area contributed by atoms with E-state index in [0.717, 1.165) is 6.42 Å². The zero-order chi connectivity index (χ0) is 24.2. The Morgan fingerprint density at radius 1 is 1.03 bits per heavy atom. The second kappa shape index (κ2) is 10.5. The van der Waals surface area contributed by atoms with Crippen molar-refractivity contribution in [1.82, 2.24) is 9.62 Å². The normalized spacial score (nSPS) is 20.1. The number of hydrogen-bond acceptors (Lipinski definition) is 5. The predicted octanol–water partition coefficient (Wildman–Crippen LogP) is 3.27. The van der Waals surface area contributed by atoms with Crippen LogP contribution in [0, 0.1) is 0 Å². The van der Waals surface area contributed by atoms with Gasteiger partial charge in [-0.25, -0.2) is 8.42 Å². The number of amides is 2. The molecule has 0 aliphatic carbocycles. The molecule has 0 aromatic heterocycles. The number of nitrogens with zero attached hydrogens (tertiary/aromatic N) is 1. The Morgan fingerprint density at radius 3 is 2.24 bits per heavy atom. The number of sulfonamides is 1. The highest BCUT2D eigenvalue weighted by molar-refractivity contribution is 7.89. The molecule has 3 rings (SSSR count). The summed E-state index contributed by atoms with van der Waals surface area (Å²) in [6.45, 7) is 8.13. The SMILES string of the molecule is CCC(C)NC(=O)c1ccccc1NC(=O)c1ccc(S(=O)(=O)N2CC(C)OC(C)C2)cc1. The van der Waals surface area contributed by atoms with Crippen molar-refractivity contribution >= 4 is 27.5 Å². The number of morpholine rings is 1.